The van der Waals surface area contributed by atoms with Crippen molar-refractivity contribution < 1.29 is 25.8 Å². The zero-order valence-corrected chi connectivity index (χ0v) is 26.1. The number of hydrogen-bond acceptors (Lipinski definition) is 4. The molecule has 0 radical (unpaired) electrons. The second-order valence-corrected chi connectivity index (χ2v) is 11.1. The zero-order valence-electron chi connectivity index (χ0n) is 23.0. The molecule has 0 saturated carbocycles. The first-order valence-corrected chi connectivity index (χ1v) is 14.8. The molecule has 9 rings (SSSR count). The maximum absolute atomic E-state index is 6.32. The molecule has 6 nitrogen and oxygen atoms in total. The molecule has 4 aromatic heterocycles. The molecule has 212 valence electrons. The van der Waals surface area contributed by atoms with Crippen molar-refractivity contribution >= 4 is 54.9 Å². The van der Waals surface area contributed by atoms with Crippen molar-refractivity contribution in [2.45, 2.75) is 0 Å². The van der Waals surface area contributed by atoms with Crippen LogP contribution in [0.25, 0.3) is 60.1 Å². The predicted molar refractivity (Wildman–Crippen MR) is 172 cm³/mol. The summed E-state index contributed by atoms with van der Waals surface area (Å²) < 4.78 is 12.5. The Labute approximate surface area is 270 Å². The quantitative estimate of drug-likeness (QED) is 0.165. The molecule has 0 unspecified atom stereocenters. The average Bonchev–Trinajstić information content (AvgIpc) is 3.85. The second-order valence-electron chi connectivity index (χ2n) is 10.3. The number of ether oxygens (including phenoxy) is 1. The largest absolute Gasteiger partial charge is 2.00 e. The van der Waals surface area contributed by atoms with E-state index in [1.807, 2.05) is 59.0 Å². The van der Waals surface area contributed by atoms with E-state index < -0.39 is 0 Å². The third-order valence-corrected chi connectivity index (χ3v) is 8.55. The smallest absolute Gasteiger partial charge is 0.509 e. The Kier molecular flexibility index (Phi) is 6.44. The number of benzene rings is 5. The van der Waals surface area contributed by atoms with Crippen LogP contribution >= 0.6 is 11.3 Å². The molecule has 0 amide bonds. The maximum atomic E-state index is 6.32. The number of fused-ring (bicyclic) bond motifs is 6. The van der Waals surface area contributed by atoms with Crippen molar-refractivity contribution in [3.05, 3.63) is 139 Å². The van der Waals surface area contributed by atoms with Gasteiger partial charge in [0, 0.05) is 39.4 Å². The van der Waals surface area contributed by atoms with Crippen molar-refractivity contribution in [1.29, 1.82) is 0 Å². The van der Waals surface area contributed by atoms with Gasteiger partial charge in [-0.2, -0.15) is 17.2 Å². The van der Waals surface area contributed by atoms with Crippen molar-refractivity contribution in [2.75, 3.05) is 0 Å². The van der Waals surface area contributed by atoms with Crippen molar-refractivity contribution in [1.82, 2.24) is 23.9 Å². The van der Waals surface area contributed by atoms with E-state index in [0.717, 1.165) is 49.3 Å². The van der Waals surface area contributed by atoms with E-state index in [1.54, 1.807) is 11.3 Å². The molecule has 0 saturated heterocycles. The number of nitrogens with zero attached hydrogens (tertiary/aromatic N) is 5. The van der Waals surface area contributed by atoms with Gasteiger partial charge in [0.15, 0.2) is 5.13 Å². The SMILES string of the molecule is [Pt+2].[c-]1c(Oc2[c-]c3c(cc2)c2ccccc2n3-c2nccs2)cccc1-n1cc(-n2c3ccccc3c3ccccc32)cn1. The van der Waals surface area contributed by atoms with E-state index in [2.05, 4.69) is 99.0 Å². The minimum Gasteiger partial charge on any atom is -0.509 e. The molecule has 0 fully saturated rings. The van der Waals surface area contributed by atoms with E-state index in [4.69, 9.17) is 9.84 Å². The summed E-state index contributed by atoms with van der Waals surface area (Å²) in [5.74, 6) is 1.19. The Morgan fingerprint density at radius 2 is 1.30 bits per heavy atom. The van der Waals surface area contributed by atoms with Crippen LogP contribution in [0.4, 0.5) is 0 Å². The van der Waals surface area contributed by atoms with Gasteiger partial charge in [-0.3, -0.25) is 4.68 Å². The van der Waals surface area contributed by atoms with Crippen LogP contribution in [0.2, 0.25) is 0 Å². The summed E-state index contributed by atoms with van der Waals surface area (Å²) >= 11 is 1.60. The number of para-hydroxylation sites is 3. The van der Waals surface area contributed by atoms with E-state index in [1.165, 1.54) is 10.8 Å². The summed E-state index contributed by atoms with van der Waals surface area (Å²) in [6, 6.07) is 42.0. The van der Waals surface area contributed by atoms with Crippen LogP contribution in [-0.4, -0.2) is 23.9 Å². The Morgan fingerprint density at radius 1 is 0.636 bits per heavy atom. The summed E-state index contributed by atoms with van der Waals surface area (Å²) in [5.41, 5.74) is 6.06. The van der Waals surface area contributed by atoms with Crippen LogP contribution in [0.3, 0.4) is 0 Å². The van der Waals surface area contributed by atoms with Crippen molar-refractivity contribution in [3.8, 4) is 28.0 Å². The summed E-state index contributed by atoms with van der Waals surface area (Å²) in [4.78, 5) is 4.57. The van der Waals surface area contributed by atoms with Crippen LogP contribution in [0.1, 0.15) is 0 Å². The standard InChI is InChI=1S/C36H21N5OS.Pt/c1-4-13-32-28(10-1)29-11-2-5-14-33(29)40(32)25-22-38-39(23-25)24-8-7-9-26(20-24)42-27-16-17-31-30-12-3-6-15-34(30)41(35(31)21-27)36-37-18-19-43-36;/h1-19,22-23H;/q-2;+2. The molecule has 0 aliphatic heterocycles. The first-order valence-electron chi connectivity index (χ1n) is 13.9. The van der Waals surface area contributed by atoms with Gasteiger partial charge in [-0.25, -0.2) is 4.98 Å². The van der Waals surface area contributed by atoms with Gasteiger partial charge in [0.25, 0.3) is 0 Å². The van der Waals surface area contributed by atoms with E-state index in [0.29, 0.717) is 11.5 Å². The molecular formula is C36H21N5OPtS. The summed E-state index contributed by atoms with van der Waals surface area (Å²) in [5, 5.41) is 12.3. The van der Waals surface area contributed by atoms with Crippen LogP contribution in [0.15, 0.2) is 127 Å². The number of aromatic nitrogens is 5. The summed E-state index contributed by atoms with van der Waals surface area (Å²) in [7, 11) is 0. The first-order chi connectivity index (χ1) is 21.3. The fourth-order valence-electron chi connectivity index (χ4n) is 5.97. The molecule has 8 heteroatoms. The monoisotopic (exact) mass is 766 g/mol. The van der Waals surface area contributed by atoms with Crippen LogP contribution in [0, 0.1) is 12.1 Å². The molecule has 0 spiro atoms. The maximum Gasteiger partial charge on any atom is 2.00 e. The molecule has 0 N–H and O–H groups in total. The summed E-state index contributed by atoms with van der Waals surface area (Å²) in [6.45, 7) is 0. The summed E-state index contributed by atoms with van der Waals surface area (Å²) in [6.07, 6.45) is 5.74. The number of rotatable bonds is 5. The minimum atomic E-state index is 0. The normalized spacial score (nSPS) is 11.5. The van der Waals surface area contributed by atoms with Gasteiger partial charge in [0.2, 0.25) is 0 Å². The Balaban J connectivity index is 0.00000289. The number of thiazole rings is 1. The van der Waals surface area contributed by atoms with Crippen LogP contribution < -0.4 is 4.74 Å². The topological polar surface area (TPSA) is 49.8 Å². The second kappa shape index (κ2) is 10.6. The molecule has 0 aliphatic rings. The molecular weight excluding hydrogens is 746 g/mol. The van der Waals surface area contributed by atoms with E-state index in [-0.39, 0.29) is 21.1 Å². The number of hydrogen-bond donors (Lipinski definition) is 0. The minimum absolute atomic E-state index is 0. The molecule has 4 heterocycles. The fourth-order valence-corrected chi connectivity index (χ4v) is 6.63. The van der Waals surface area contributed by atoms with Gasteiger partial charge < -0.3 is 13.9 Å². The molecule has 5 aromatic carbocycles. The molecule has 0 atom stereocenters. The molecule has 0 bridgehead atoms. The van der Waals surface area contributed by atoms with Gasteiger partial charge in [0.05, 0.1) is 29.1 Å². The van der Waals surface area contributed by atoms with Crippen LogP contribution in [-0.2, 0) is 21.1 Å². The fraction of sp³-hybridized carbons (Fsp3) is 0. The average molecular weight is 767 g/mol. The van der Waals surface area contributed by atoms with E-state index in [9.17, 15) is 0 Å². The van der Waals surface area contributed by atoms with Gasteiger partial charge in [0.1, 0.15) is 0 Å². The van der Waals surface area contributed by atoms with Gasteiger partial charge in [-0.1, -0.05) is 60.1 Å². The van der Waals surface area contributed by atoms with Crippen molar-refractivity contribution in [3.63, 3.8) is 0 Å². The Bertz CT molecular complexity index is 2400. The third kappa shape index (κ3) is 4.20. The Morgan fingerprint density at radius 3 is 2.00 bits per heavy atom. The predicted octanol–water partition coefficient (Wildman–Crippen LogP) is 8.91. The first kappa shape index (κ1) is 26.6. The van der Waals surface area contributed by atoms with Crippen molar-refractivity contribution in [2.24, 2.45) is 0 Å². The Hall–Kier alpha value is -4.97. The van der Waals surface area contributed by atoms with Gasteiger partial charge >= 0.3 is 21.1 Å². The molecule has 0 aliphatic carbocycles. The van der Waals surface area contributed by atoms with E-state index >= 15 is 0 Å². The van der Waals surface area contributed by atoms with Gasteiger partial charge in [-0.15, -0.1) is 47.1 Å². The molecule has 44 heavy (non-hydrogen) atoms. The van der Waals surface area contributed by atoms with Gasteiger partial charge in [-0.05, 0) is 29.3 Å². The third-order valence-electron chi connectivity index (χ3n) is 7.79. The van der Waals surface area contributed by atoms with Crippen LogP contribution in [0.5, 0.6) is 11.5 Å². The molecule has 9 aromatic rings. The zero-order chi connectivity index (χ0) is 28.3.